The number of aromatic nitrogens is 2. The van der Waals surface area contributed by atoms with Crippen molar-refractivity contribution in [1.82, 2.24) is 9.38 Å². The molecule has 4 nitrogen and oxygen atoms in total. The standard InChI is InChI=1S/C17H15N3O/c1-3-21-14-9-7-13(8-10-14)17-15(11-18)20-12(2)5-4-6-16(20)19-17/h4-10H,3H2,1-2H3. The number of nitrogens with zero attached hydrogens (tertiary/aromatic N) is 3. The topological polar surface area (TPSA) is 50.3 Å². The van der Waals surface area contributed by atoms with E-state index in [1.807, 2.05) is 60.7 Å². The highest BCUT2D eigenvalue weighted by atomic mass is 16.5. The third-order valence-electron chi connectivity index (χ3n) is 3.38. The minimum Gasteiger partial charge on any atom is -0.494 e. The Morgan fingerprint density at radius 1 is 1.19 bits per heavy atom. The normalized spacial score (nSPS) is 10.5. The van der Waals surface area contributed by atoms with Crippen LogP contribution in [0.3, 0.4) is 0 Å². The van der Waals surface area contributed by atoms with Gasteiger partial charge < -0.3 is 4.74 Å². The van der Waals surface area contributed by atoms with Gasteiger partial charge in [-0.1, -0.05) is 6.07 Å². The summed E-state index contributed by atoms with van der Waals surface area (Å²) < 4.78 is 7.32. The van der Waals surface area contributed by atoms with E-state index in [-0.39, 0.29) is 0 Å². The molecule has 0 radical (unpaired) electrons. The highest BCUT2D eigenvalue weighted by molar-refractivity contribution is 5.70. The fourth-order valence-corrected chi connectivity index (χ4v) is 2.43. The van der Waals surface area contributed by atoms with E-state index in [0.29, 0.717) is 18.0 Å². The number of aryl methyl sites for hydroxylation is 1. The second-order valence-electron chi connectivity index (χ2n) is 4.74. The molecule has 0 saturated carbocycles. The van der Waals surface area contributed by atoms with Crippen molar-refractivity contribution in [3.8, 4) is 23.1 Å². The molecule has 2 heterocycles. The van der Waals surface area contributed by atoms with Gasteiger partial charge in [-0.15, -0.1) is 0 Å². The van der Waals surface area contributed by atoms with Gasteiger partial charge in [-0.05, 0) is 50.2 Å². The maximum Gasteiger partial charge on any atom is 0.152 e. The molecule has 0 fully saturated rings. The van der Waals surface area contributed by atoms with Crippen LogP contribution in [0.5, 0.6) is 5.75 Å². The Hall–Kier alpha value is -2.80. The predicted octanol–water partition coefficient (Wildman–Crippen LogP) is 3.58. The van der Waals surface area contributed by atoms with Crippen molar-refractivity contribution >= 4 is 5.65 Å². The van der Waals surface area contributed by atoms with Crippen molar-refractivity contribution in [2.24, 2.45) is 0 Å². The molecule has 2 aromatic heterocycles. The monoisotopic (exact) mass is 277 g/mol. The van der Waals surface area contributed by atoms with E-state index in [1.165, 1.54) is 0 Å². The molecular weight excluding hydrogens is 262 g/mol. The van der Waals surface area contributed by atoms with E-state index < -0.39 is 0 Å². The van der Waals surface area contributed by atoms with Crippen LogP contribution in [0.15, 0.2) is 42.5 Å². The first-order chi connectivity index (χ1) is 10.2. The van der Waals surface area contributed by atoms with E-state index in [1.54, 1.807) is 0 Å². The zero-order valence-corrected chi connectivity index (χ0v) is 12.0. The van der Waals surface area contributed by atoms with Crippen molar-refractivity contribution in [1.29, 1.82) is 5.26 Å². The number of nitriles is 1. The summed E-state index contributed by atoms with van der Waals surface area (Å²) in [5, 5.41) is 9.49. The molecule has 0 bridgehead atoms. The number of hydrogen-bond acceptors (Lipinski definition) is 3. The first-order valence-electron chi connectivity index (χ1n) is 6.86. The molecule has 3 aromatic rings. The van der Waals surface area contributed by atoms with Crippen LogP contribution in [-0.2, 0) is 0 Å². The van der Waals surface area contributed by atoms with Crippen molar-refractivity contribution in [3.63, 3.8) is 0 Å². The molecule has 0 saturated heterocycles. The van der Waals surface area contributed by atoms with Crippen LogP contribution < -0.4 is 4.74 Å². The van der Waals surface area contributed by atoms with E-state index in [4.69, 9.17) is 4.74 Å². The summed E-state index contributed by atoms with van der Waals surface area (Å²) in [5.74, 6) is 0.819. The lowest BCUT2D eigenvalue weighted by Crippen LogP contribution is -1.94. The summed E-state index contributed by atoms with van der Waals surface area (Å²) in [4.78, 5) is 4.59. The van der Waals surface area contributed by atoms with E-state index in [9.17, 15) is 5.26 Å². The lowest BCUT2D eigenvalue weighted by Gasteiger charge is -2.04. The minimum absolute atomic E-state index is 0.562. The highest BCUT2D eigenvalue weighted by Gasteiger charge is 2.14. The molecule has 1 aromatic carbocycles. The van der Waals surface area contributed by atoms with Gasteiger partial charge in [0, 0.05) is 11.3 Å². The van der Waals surface area contributed by atoms with E-state index in [0.717, 1.165) is 22.7 Å². The molecular formula is C17H15N3O. The van der Waals surface area contributed by atoms with Crippen LogP contribution in [0.25, 0.3) is 16.9 Å². The van der Waals surface area contributed by atoms with Gasteiger partial charge >= 0.3 is 0 Å². The fraction of sp³-hybridized carbons (Fsp3) is 0.176. The zero-order chi connectivity index (χ0) is 14.8. The summed E-state index contributed by atoms with van der Waals surface area (Å²) >= 11 is 0. The molecule has 21 heavy (non-hydrogen) atoms. The van der Waals surface area contributed by atoms with Gasteiger partial charge in [-0.2, -0.15) is 5.26 Å². The van der Waals surface area contributed by atoms with Gasteiger partial charge in [0.25, 0.3) is 0 Å². The van der Waals surface area contributed by atoms with Crippen molar-refractivity contribution in [2.75, 3.05) is 6.61 Å². The average Bonchev–Trinajstić information content (AvgIpc) is 2.88. The summed E-state index contributed by atoms with van der Waals surface area (Å²) in [6, 6.07) is 15.8. The molecule has 3 rings (SSSR count). The highest BCUT2D eigenvalue weighted by Crippen LogP contribution is 2.26. The van der Waals surface area contributed by atoms with Crippen LogP contribution in [0.2, 0.25) is 0 Å². The summed E-state index contributed by atoms with van der Waals surface area (Å²) in [6.07, 6.45) is 0. The summed E-state index contributed by atoms with van der Waals surface area (Å²) in [6.45, 7) is 4.56. The number of benzene rings is 1. The second kappa shape index (κ2) is 5.29. The summed E-state index contributed by atoms with van der Waals surface area (Å²) in [5.41, 5.74) is 3.96. The van der Waals surface area contributed by atoms with Crippen molar-refractivity contribution in [2.45, 2.75) is 13.8 Å². The van der Waals surface area contributed by atoms with Crippen LogP contribution >= 0.6 is 0 Å². The quantitative estimate of drug-likeness (QED) is 0.735. The van der Waals surface area contributed by atoms with Gasteiger partial charge in [0.15, 0.2) is 5.69 Å². The van der Waals surface area contributed by atoms with Crippen LogP contribution in [-0.4, -0.2) is 16.0 Å². The molecule has 0 spiro atoms. The van der Waals surface area contributed by atoms with Crippen LogP contribution in [0.1, 0.15) is 18.3 Å². The molecule has 104 valence electrons. The van der Waals surface area contributed by atoms with Crippen molar-refractivity contribution < 1.29 is 4.74 Å². The molecule has 0 aliphatic rings. The molecule has 0 aliphatic heterocycles. The maximum atomic E-state index is 9.49. The Morgan fingerprint density at radius 3 is 2.62 bits per heavy atom. The Kier molecular flexibility index (Phi) is 3.33. The van der Waals surface area contributed by atoms with Gasteiger partial charge in [0.05, 0.1) is 6.61 Å². The third kappa shape index (κ3) is 2.23. The zero-order valence-electron chi connectivity index (χ0n) is 12.0. The molecule has 0 aliphatic carbocycles. The Balaban J connectivity index is 2.16. The molecule has 0 N–H and O–H groups in total. The smallest absolute Gasteiger partial charge is 0.152 e. The predicted molar refractivity (Wildman–Crippen MR) is 81.2 cm³/mol. The van der Waals surface area contributed by atoms with Crippen LogP contribution in [0.4, 0.5) is 0 Å². The minimum atomic E-state index is 0.562. The first kappa shape index (κ1) is 13.2. The van der Waals surface area contributed by atoms with E-state index >= 15 is 0 Å². The van der Waals surface area contributed by atoms with Gasteiger partial charge in [-0.3, -0.25) is 4.40 Å². The number of fused-ring (bicyclic) bond motifs is 1. The van der Waals surface area contributed by atoms with Crippen molar-refractivity contribution in [3.05, 3.63) is 53.9 Å². The van der Waals surface area contributed by atoms with Crippen LogP contribution in [0, 0.1) is 18.3 Å². The van der Waals surface area contributed by atoms with Gasteiger partial charge in [0.1, 0.15) is 23.2 Å². The molecule has 0 amide bonds. The number of rotatable bonds is 3. The Morgan fingerprint density at radius 2 is 1.95 bits per heavy atom. The maximum absolute atomic E-state index is 9.49. The lowest BCUT2D eigenvalue weighted by atomic mass is 10.1. The lowest BCUT2D eigenvalue weighted by molar-refractivity contribution is 0.340. The largest absolute Gasteiger partial charge is 0.494 e. The van der Waals surface area contributed by atoms with Gasteiger partial charge in [-0.25, -0.2) is 4.98 Å². The molecule has 4 heteroatoms. The second-order valence-corrected chi connectivity index (χ2v) is 4.74. The molecule has 0 atom stereocenters. The number of ether oxygens (including phenoxy) is 1. The van der Waals surface area contributed by atoms with E-state index in [2.05, 4.69) is 11.1 Å². The SMILES string of the molecule is CCOc1ccc(-c2nc3cccc(C)n3c2C#N)cc1. The van der Waals surface area contributed by atoms with Gasteiger partial charge in [0.2, 0.25) is 0 Å². The number of pyridine rings is 1. The Labute approximate surface area is 123 Å². The first-order valence-corrected chi connectivity index (χ1v) is 6.86. The number of imidazole rings is 1. The third-order valence-corrected chi connectivity index (χ3v) is 3.38. The summed E-state index contributed by atoms with van der Waals surface area (Å²) in [7, 11) is 0. The Bertz CT molecular complexity index is 826. The number of hydrogen-bond donors (Lipinski definition) is 0. The molecule has 0 unspecified atom stereocenters. The fourth-order valence-electron chi connectivity index (χ4n) is 2.43. The average molecular weight is 277 g/mol.